The van der Waals surface area contributed by atoms with E-state index < -0.39 is 0 Å². The van der Waals surface area contributed by atoms with Crippen molar-refractivity contribution >= 4 is 5.69 Å². The zero-order valence-corrected chi connectivity index (χ0v) is 15.3. The monoisotopic (exact) mass is 357 g/mol. The smallest absolute Gasteiger partial charge is 0.142 e. The highest BCUT2D eigenvalue weighted by molar-refractivity contribution is 5.58. The third-order valence-corrected chi connectivity index (χ3v) is 5.53. The number of aliphatic hydroxyl groups is 1. The number of hydrogen-bond acceptors (Lipinski definition) is 6. The summed E-state index contributed by atoms with van der Waals surface area (Å²) in [5.74, 6) is 0.924. The predicted molar refractivity (Wildman–Crippen MR) is 101 cm³/mol. The first kappa shape index (κ1) is 17.4. The molecule has 0 spiro atoms. The number of benzene rings is 1. The van der Waals surface area contributed by atoms with Gasteiger partial charge in [0, 0.05) is 57.4 Å². The van der Waals surface area contributed by atoms with Crippen molar-refractivity contribution in [3.05, 3.63) is 48.4 Å². The van der Waals surface area contributed by atoms with E-state index in [1.54, 1.807) is 19.6 Å². The molecule has 2 aliphatic heterocycles. The van der Waals surface area contributed by atoms with Gasteiger partial charge in [0.25, 0.3) is 0 Å². The molecule has 1 N–H and O–H groups in total. The van der Waals surface area contributed by atoms with Crippen molar-refractivity contribution in [3.8, 4) is 5.75 Å². The molecule has 1 aromatic heterocycles. The molecular formula is C20H27N3O3. The largest absolute Gasteiger partial charge is 0.495 e. The number of methoxy groups -OCH3 is 1. The van der Waals surface area contributed by atoms with Crippen LogP contribution in [0, 0.1) is 0 Å². The van der Waals surface area contributed by atoms with Crippen LogP contribution in [0.1, 0.15) is 5.56 Å². The molecule has 0 bridgehead atoms. The van der Waals surface area contributed by atoms with Crippen molar-refractivity contribution in [1.82, 2.24) is 9.80 Å². The van der Waals surface area contributed by atoms with Gasteiger partial charge in [-0.3, -0.25) is 9.80 Å². The van der Waals surface area contributed by atoms with Crippen LogP contribution >= 0.6 is 0 Å². The van der Waals surface area contributed by atoms with Gasteiger partial charge in [0.15, 0.2) is 0 Å². The molecule has 3 heterocycles. The molecule has 2 aromatic rings. The molecule has 0 aliphatic carbocycles. The first-order valence-corrected chi connectivity index (χ1v) is 9.28. The molecule has 6 heteroatoms. The third-order valence-electron chi connectivity index (χ3n) is 5.53. The van der Waals surface area contributed by atoms with Crippen molar-refractivity contribution in [2.75, 3.05) is 51.3 Å². The molecule has 140 valence electrons. The molecule has 1 aromatic carbocycles. The molecule has 0 saturated carbocycles. The molecule has 4 rings (SSSR count). The van der Waals surface area contributed by atoms with Crippen LogP contribution in [0.2, 0.25) is 0 Å². The summed E-state index contributed by atoms with van der Waals surface area (Å²) in [7, 11) is 1.72. The van der Waals surface area contributed by atoms with E-state index in [2.05, 4.69) is 26.8 Å². The number of likely N-dealkylation sites (tertiary alicyclic amines) is 1. The molecule has 2 aliphatic rings. The zero-order chi connectivity index (χ0) is 17.9. The van der Waals surface area contributed by atoms with Crippen molar-refractivity contribution in [2.24, 2.45) is 0 Å². The summed E-state index contributed by atoms with van der Waals surface area (Å²) < 4.78 is 10.6. The minimum atomic E-state index is -0.292. The summed E-state index contributed by atoms with van der Waals surface area (Å²) in [5, 5.41) is 10.6. The molecule has 6 nitrogen and oxygen atoms in total. The highest BCUT2D eigenvalue weighted by Crippen LogP contribution is 2.29. The topological polar surface area (TPSA) is 52.3 Å². The van der Waals surface area contributed by atoms with Gasteiger partial charge in [0.1, 0.15) is 5.75 Å². The quantitative estimate of drug-likeness (QED) is 0.878. The number of β-amino-alcohol motifs (C(OH)–C–C–N with tert-alkyl or cyclic N) is 1. The Labute approximate surface area is 154 Å². The molecule has 2 saturated heterocycles. The fourth-order valence-electron chi connectivity index (χ4n) is 4.16. The number of aliphatic hydroxyl groups excluding tert-OH is 1. The van der Waals surface area contributed by atoms with Gasteiger partial charge in [-0.05, 0) is 18.2 Å². The summed E-state index contributed by atoms with van der Waals surface area (Å²) in [6.45, 7) is 6.28. The summed E-state index contributed by atoms with van der Waals surface area (Å²) >= 11 is 0. The van der Waals surface area contributed by atoms with E-state index in [4.69, 9.17) is 9.15 Å². The van der Waals surface area contributed by atoms with Gasteiger partial charge >= 0.3 is 0 Å². The second-order valence-electron chi connectivity index (χ2n) is 7.16. The minimum absolute atomic E-state index is 0.210. The van der Waals surface area contributed by atoms with Crippen LogP contribution in [0.4, 0.5) is 5.69 Å². The number of hydrogen-bond donors (Lipinski definition) is 1. The molecule has 0 amide bonds. The maximum absolute atomic E-state index is 10.6. The molecular weight excluding hydrogens is 330 g/mol. The van der Waals surface area contributed by atoms with E-state index in [9.17, 15) is 5.11 Å². The van der Waals surface area contributed by atoms with Crippen LogP contribution in [0.5, 0.6) is 5.75 Å². The zero-order valence-electron chi connectivity index (χ0n) is 15.3. The Kier molecular flexibility index (Phi) is 5.15. The van der Waals surface area contributed by atoms with E-state index in [1.165, 1.54) is 5.56 Å². The van der Waals surface area contributed by atoms with Crippen LogP contribution in [0.3, 0.4) is 0 Å². The van der Waals surface area contributed by atoms with E-state index in [0.717, 1.165) is 57.3 Å². The van der Waals surface area contributed by atoms with Gasteiger partial charge in [-0.15, -0.1) is 0 Å². The Balaban J connectivity index is 1.34. The predicted octanol–water partition coefficient (Wildman–Crippen LogP) is 1.66. The van der Waals surface area contributed by atoms with E-state index in [1.807, 2.05) is 18.2 Å². The van der Waals surface area contributed by atoms with Gasteiger partial charge in [0.05, 0.1) is 31.4 Å². The standard InChI is InChI=1S/C20H27N3O3/c1-25-20-5-3-2-4-17(20)22-7-9-23(10-8-22)18-13-21(14-19(18)24)12-16-6-11-26-15-16/h2-6,11,15,18-19,24H,7-10,12-14H2,1H3/t18-,19-/m0/s1. The lowest BCUT2D eigenvalue weighted by Gasteiger charge is -2.40. The lowest BCUT2D eigenvalue weighted by molar-refractivity contribution is 0.0790. The number of piperazine rings is 1. The lowest BCUT2D eigenvalue weighted by Crippen LogP contribution is -2.53. The lowest BCUT2D eigenvalue weighted by atomic mass is 10.1. The van der Waals surface area contributed by atoms with Crippen LogP contribution in [0.25, 0.3) is 0 Å². The number of rotatable bonds is 5. The molecule has 2 fully saturated rings. The Morgan fingerprint density at radius 2 is 1.92 bits per heavy atom. The van der Waals surface area contributed by atoms with E-state index in [0.29, 0.717) is 0 Å². The molecule has 0 radical (unpaired) electrons. The number of furan rings is 1. The molecule has 0 unspecified atom stereocenters. The number of anilines is 1. The van der Waals surface area contributed by atoms with Crippen molar-refractivity contribution < 1.29 is 14.3 Å². The first-order valence-electron chi connectivity index (χ1n) is 9.28. The molecule has 26 heavy (non-hydrogen) atoms. The summed E-state index contributed by atoms with van der Waals surface area (Å²) in [6.07, 6.45) is 3.20. The van der Waals surface area contributed by atoms with Crippen LogP contribution in [-0.2, 0) is 6.54 Å². The van der Waals surface area contributed by atoms with Gasteiger partial charge in [-0.25, -0.2) is 0 Å². The second kappa shape index (κ2) is 7.70. The van der Waals surface area contributed by atoms with Crippen LogP contribution in [-0.4, -0.2) is 73.4 Å². The average molecular weight is 357 g/mol. The average Bonchev–Trinajstić information content (AvgIpc) is 3.32. The van der Waals surface area contributed by atoms with E-state index >= 15 is 0 Å². The second-order valence-corrected chi connectivity index (χ2v) is 7.16. The van der Waals surface area contributed by atoms with Crippen molar-refractivity contribution in [2.45, 2.75) is 18.7 Å². The Hall–Kier alpha value is -2.02. The third kappa shape index (κ3) is 3.58. The van der Waals surface area contributed by atoms with Crippen LogP contribution < -0.4 is 9.64 Å². The first-order chi connectivity index (χ1) is 12.7. The Bertz CT molecular complexity index is 698. The number of nitrogens with zero attached hydrogens (tertiary/aromatic N) is 3. The SMILES string of the molecule is COc1ccccc1N1CCN([C@H]2CN(Cc3ccoc3)C[C@@H]2O)CC1. The summed E-state index contributed by atoms with van der Waals surface area (Å²) in [5.41, 5.74) is 2.32. The van der Waals surface area contributed by atoms with E-state index in [-0.39, 0.29) is 12.1 Å². The highest BCUT2D eigenvalue weighted by Gasteiger charge is 2.36. The minimum Gasteiger partial charge on any atom is -0.495 e. The number of para-hydroxylation sites is 2. The fraction of sp³-hybridized carbons (Fsp3) is 0.500. The van der Waals surface area contributed by atoms with Crippen molar-refractivity contribution in [3.63, 3.8) is 0 Å². The number of ether oxygens (including phenoxy) is 1. The van der Waals surface area contributed by atoms with Crippen molar-refractivity contribution in [1.29, 1.82) is 0 Å². The normalized spacial score (nSPS) is 24.9. The van der Waals surface area contributed by atoms with Gasteiger partial charge in [-0.1, -0.05) is 12.1 Å². The Morgan fingerprint density at radius 3 is 2.65 bits per heavy atom. The van der Waals surface area contributed by atoms with Gasteiger partial charge in [0.2, 0.25) is 0 Å². The van der Waals surface area contributed by atoms with Crippen LogP contribution in [0.15, 0.2) is 47.3 Å². The molecule has 2 atom stereocenters. The maximum Gasteiger partial charge on any atom is 0.142 e. The highest BCUT2D eigenvalue weighted by atomic mass is 16.5. The maximum atomic E-state index is 10.6. The fourth-order valence-corrected chi connectivity index (χ4v) is 4.16. The Morgan fingerprint density at radius 1 is 1.12 bits per heavy atom. The van der Waals surface area contributed by atoms with Gasteiger partial charge in [-0.2, -0.15) is 0 Å². The summed E-state index contributed by atoms with van der Waals surface area (Å²) in [6, 6.07) is 10.4. The summed E-state index contributed by atoms with van der Waals surface area (Å²) in [4.78, 5) is 7.12. The van der Waals surface area contributed by atoms with Gasteiger partial charge < -0.3 is 19.2 Å².